The van der Waals surface area contributed by atoms with Gasteiger partial charge in [-0.2, -0.15) is 0 Å². The van der Waals surface area contributed by atoms with E-state index in [1.807, 2.05) is 12.1 Å². The van der Waals surface area contributed by atoms with Crippen LogP contribution in [0.1, 0.15) is 42.1 Å². The minimum Gasteiger partial charge on any atom is -0.496 e. The largest absolute Gasteiger partial charge is 0.496 e. The number of hydrogen-bond donors (Lipinski definition) is 1. The van der Waals surface area contributed by atoms with E-state index in [0.29, 0.717) is 27.9 Å². The molecule has 1 N–H and O–H groups in total. The Labute approximate surface area is 170 Å². The molecule has 0 bridgehead atoms. The molecule has 28 heavy (non-hydrogen) atoms. The van der Waals surface area contributed by atoms with E-state index in [1.54, 1.807) is 43.6 Å². The van der Waals surface area contributed by atoms with Crippen LogP contribution in [-0.2, 0) is 0 Å². The molecule has 3 aromatic rings. The van der Waals surface area contributed by atoms with E-state index in [1.165, 1.54) is 5.56 Å². The van der Waals surface area contributed by atoms with Crippen LogP contribution in [0, 0.1) is 0 Å². The van der Waals surface area contributed by atoms with Crippen molar-refractivity contribution in [2.24, 2.45) is 0 Å². The molecular formula is C23H23ClN2O2. The zero-order valence-corrected chi connectivity index (χ0v) is 17.0. The Morgan fingerprint density at radius 3 is 2.57 bits per heavy atom. The fourth-order valence-electron chi connectivity index (χ4n) is 2.95. The molecule has 0 aliphatic carbocycles. The highest BCUT2D eigenvalue weighted by molar-refractivity contribution is 6.33. The highest BCUT2D eigenvalue weighted by Gasteiger charge is 2.15. The van der Waals surface area contributed by atoms with Crippen LogP contribution in [0.2, 0.25) is 5.02 Å². The van der Waals surface area contributed by atoms with Gasteiger partial charge in [0, 0.05) is 23.0 Å². The smallest absolute Gasteiger partial charge is 0.255 e. The summed E-state index contributed by atoms with van der Waals surface area (Å²) < 4.78 is 5.47. The van der Waals surface area contributed by atoms with Gasteiger partial charge in [0.2, 0.25) is 0 Å². The van der Waals surface area contributed by atoms with Crippen molar-refractivity contribution in [3.63, 3.8) is 0 Å². The molecule has 0 aliphatic heterocycles. The van der Waals surface area contributed by atoms with Crippen molar-refractivity contribution in [3.05, 3.63) is 76.9 Å². The predicted octanol–water partition coefficient (Wildman–Crippen LogP) is 6.18. The molecule has 1 heterocycles. The van der Waals surface area contributed by atoms with Crippen molar-refractivity contribution >= 4 is 23.2 Å². The monoisotopic (exact) mass is 394 g/mol. The third-order valence-electron chi connectivity index (χ3n) is 4.83. The number of ether oxygens (including phenoxy) is 1. The number of nitrogens with one attached hydrogen (secondary N) is 1. The lowest BCUT2D eigenvalue weighted by atomic mass is 9.98. The third-order valence-corrected chi connectivity index (χ3v) is 5.13. The van der Waals surface area contributed by atoms with Gasteiger partial charge in [-0.1, -0.05) is 37.6 Å². The number of aromatic nitrogens is 1. The number of nitrogens with zero attached hydrogens (tertiary/aromatic N) is 1. The van der Waals surface area contributed by atoms with E-state index in [4.69, 9.17) is 16.3 Å². The van der Waals surface area contributed by atoms with E-state index in [0.717, 1.165) is 17.7 Å². The number of carbonyl (C=O) groups is 1. The van der Waals surface area contributed by atoms with Gasteiger partial charge in [-0.25, -0.2) is 0 Å². The lowest BCUT2D eigenvalue weighted by Gasteiger charge is -2.13. The molecule has 0 spiro atoms. The quantitative estimate of drug-likeness (QED) is 0.543. The van der Waals surface area contributed by atoms with Gasteiger partial charge in [0.05, 0.1) is 17.8 Å². The van der Waals surface area contributed by atoms with E-state index in [-0.39, 0.29) is 5.91 Å². The van der Waals surface area contributed by atoms with Crippen LogP contribution in [0.5, 0.6) is 5.75 Å². The van der Waals surface area contributed by atoms with Gasteiger partial charge in [0.15, 0.2) is 0 Å². The lowest BCUT2D eigenvalue weighted by molar-refractivity contribution is 0.102. The van der Waals surface area contributed by atoms with Crippen LogP contribution in [0.3, 0.4) is 0 Å². The second-order valence-corrected chi connectivity index (χ2v) is 7.04. The van der Waals surface area contributed by atoms with Crippen LogP contribution in [0.25, 0.3) is 11.3 Å². The van der Waals surface area contributed by atoms with Crippen LogP contribution < -0.4 is 10.1 Å². The molecule has 3 rings (SSSR count). The van der Waals surface area contributed by atoms with Crippen molar-refractivity contribution in [2.45, 2.75) is 26.2 Å². The first-order valence-corrected chi connectivity index (χ1v) is 9.61. The maximum Gasteiger partial charge on any atom is 0.255 e. The summed E-state index contributed by atoms with van der Waals surface area (Å²) in [5, 5.41) is 3.46. The van der Waals surface area contributed by atoms with Gasteiger partial charge < -0.3 is 10.1 Å². The molecule has 0 fully saturated rings. The van der Waals surface area contributed by atoms with Crippen molar-refractivity contribution in [2.75, 3.05) is 12.4 Å². The molecule has 0 radical (unpaired) electrons. The first-order valence-electron chi connectivity index (χ1n) is 9.23. The molecule has 1 unspecified atom stereocenters. The van der Waals surface area contributed by atoms with Crippen molar-refractivity contribution in [1.82, 2.24) is 4.98 Å². The molecule has 1 amide bonds. The maximum absolute atomic E-state index is 12.7. The van der Waals surface area contributed by atoms with E-state index in [9.17, 15) is 4.79 Å². The fraction of sp³-hybridized carbons (Fsp3) is 0.217. The third kappa shape index (κ3) is 4.34. The number of halogens is 1. The van der Waals surface area contributed by atoms with E-state index < -0.39 is 0 Å². The van der Waals surface area contributed by atoms with E-state index >= 15 is 0 Å². The first kappa shape index (κ1) is 19.9. The fourth-order valence-corrected chi connectivity index (χ4v) is 3.17. The second-order valence-electron chi connectivity index (χ2n) is 6.63. The minimum absolute atomic E-state index is 0.201. The molecule has 5 heteroatoms. The number of hydrogen-bond acceptors (Lipinski definition) is 3. The topological polar surface area (TPSA) is 51.2 Å². The number of anilines is 1. The van der Waals surface area contributed by atoms with E-state index in [2.05, 4.69) is 36.3 Å². The predicted molar refractivity (Wildman–Crippen MR) is 114 cm³/mol. The molecular weight excluding hydrogens is 372 g/mol. The minimum atomic E-state index is -0.201. The summed E-state index contributed by atoms with van der Waals surface area (Å²) in [4.78, 5) is 17.0. The van der Waals surface area contributed by atoms with Crippen LogP contribution >= 0.6 is 11.6 Å². The Morgan fingerprint density at radius 1 is 1.18 bits per heavy atom. The molecule has 0 saturated carbocycles. The number of pyridine rings is 1. The summed E-state index contributed by atoms with van der Waals surface area (Å²) in [6.07, 6.45) is 2.75. The molecule has 4 nitrogen and oxygen atoms in total. The van der Waals surface area contributed by atoms with Gasteiger partial charge in [-0.05, 0) is 60.4 Å². The summed E-state index contributed by atoms with van der Waals surface area (Å²) in [5.74, 6) is 0.841. The first-order chi connectivity index (χ1) is 13.5. The summed E-state index contributed by atoms with van der Waals surface area (Å²) >= 11 is 6.25. The highest BCUT2D eigenvalue weighted by atomic mass is 35.5. The number of benzene rings is 2. The Hall–Kier alpha value is -2.85. The summed E-state index contributed by atoms with van der Waals surface area (Å²) in [6.45, 7) is 4.35. The van der Waals surface area contributed by atoms with Gasteiger partial charge in [-0.15, -0.1) is 0 Å². The van der Waals surface area contributed by atoms with Crippen molar-refractivity contribution in [3.8, 4) is 17.0 Å². The Morgan fingerprint density at radius 2 is 1.93 bits per heavy atom. The van der Waals surface area contributed by atoms with Gasteiger partial charge in [0.1, 0.15) is 5.75 Å². The standard InChI is InChI=1S/C23H23ClN2O2/c1-4-15(2)16-7-10-18(11-8-16)26-23(27)17-9-12-19(21(14-17)28-3)22-20(24)6-5-13-25-22/h5-15H,4H2,1-3H3,(H,26,27). The SMILES string of the molecule is CCC(C)c1ccc(NC(=O)c2ccc(-c3ncccc3Cl)c(OC)c2)cc1. The number of rotatable bonds is 6. The Balaban J connectivity index is 1.82. The Kier molecular flexibility index (Phi) is 6.32. The van der Waals surface area contributed by atoms with Crippen LogP contribution in [0.4, 0.5) is 5.69 Å². The van der Waals surface area contributed by atoms with Crippen molar-refractivity contribution < 1.29 is 9.53 Å². The second kappa shape index (κ2) is 8.89. The van der Waals surface area contributed by atoms with Crippen LogP contribution in [-0.4, -0.2) is 18.0 Å². The molecule has 1 aromatic heterocycles. The van der Waals surface area contributed by atoms with Crippen molar-refractivity contribution in [1.29, 1.82) is 0 Å². The molecule has 1 atom stereocenters. The summed E-state index contributed by atoms with van der Waals surface area (Å²) in [5.41, 5.74) is 3.88. The molecule has 0 saturated heterocycles. The van der Waals surface area contributed by atoms with Gasteiger partial charge >= 0.3 is 0 Å². The summed E-state index contributed by atoms with van der Waals surface area (Å²) in [6, 6.07) is 16.7. The lowest BCUT2D eigenvalue weighted by Crippen LogP contribution is -2.12. The maximum atomic E-state index is 12.7. The number of carbonyl (C=O) groups excluding carboxylic acids is 1. The molecule has 0 aliphatic rings. The summed E-state index contributed by atoms with van der Waals surface area (Å²) in [7, 11) is 1.56. The average molecular weight is 395 g/mol. The Bertz CT molecular complexity index is 971. The zero-order valence-electron chi connectivity index (χ0n) is 16.2. The zero-order chi connectivity index (χ0) is 20.1. The number of amides is 1. The molecule has 2 aromatic carbocycles. The number of methoxy groups -OCH3 is 1. The van der Waals surface area contributed by atoms with Gasteiger partial charge in [0.25, 0.3) is 5.91 Å². The average Bonchev–Trinajstić information content (AvgIpc) is 2.73. The molecule has 144 valence electrons. The normalized spacial score (nSPS) is 11.7. The van der Waals surface area contributed by atoms with Gasteiger partial charge in [-0.3, -0.25) is 9.78 Å². The highest BCUT2D eigenvalue weighted by Crippen LogP contribution is 2.34. The van der Waals surface area contributed by atoms with Crippen LogP contribution in [0.15, 0.2) is 60.8 Å².